The number of hydrogen-bond donors (Lipinski definition) is 2. The Morgan fingerprint density at radius 2 is 1.04 bits per heavy atom. The van der Waals surface area contributed by atoms with E-state index in [9.17, 15) is 13.8 Å². The molecule has 2 rings (SSSR count). The first-order valence-electron chi connectivity index (χ1n) is 16.5. The van der Waals surface area contributed by atoms with E-state index in [1.165, 1.54) is 0 Å². The highest BCUT2D eigenvalue weighted by Crippen LogP contribution is 2.29. The van der Waals surface area contributed by atoms with E-state index in [1.54, 1.807) is 24.3 Å². The van der Waals surface area contributed by atoms with Gasteiger partial charge in [-0.2, -0.15) is 0 Å². The van der Waals surface area contributed by atoms with E-state index in [1.807, 2.05) is 72.7 Å². The molecule has 7 nitrogen and oxygen atoms in total. The van der Waals surface area contributed by atoms with Gasteiger partial charge in [0.05, 0.1) is 39.1 Å². The largest absolute Gasteiger partial charge is 0.459 e. The first kappa shape index (κ1) is 47.9. The Balaban J connectivity index is 0. The third-order valence-electron chi connectivity index (χ3n) is 7.00. The molecule has 0 amide bonds. The fraction of sp³-hybridized carbons (Fsp3) is 0.641. The van der Waals surface area contributed by atoms with Crippen molar-refractivity contribution >= 4 is 35.3 Å². The number of nitrogens with two attached hydrogens (primary N) is 1. The second-order valence-electron chi connectivity index (χ2n) is 16.0. The van der Waals surface area contributed by atoms with Gasteiger partial charge in [0.25, 0.3) is 0 Å². The fourth-order valence-electron chi connectivity index (χ4n) is 4.21. The molecular weight excluding hydrogens is 644 g/mol. The van der Waals surface area contributed by atoms with E-state index in [4.69, 9.17) is 15.2 Å². The van der Waals surface area contributed by atoms with Crippen LogP contribution in [0.5, 0.6) is 0 Å². The van der Waals surface area contributed by atoms with Gasteiger partial charge in [0, 0.05) is 12.1 Å². The minimum absolute atomic E-state index is 0. The fourth-order valence-corrected chi connectivity index (χ4v) is 5.08. The topological polar surface area (TPSA) is 108 Å². The number of hydrogen-bond acceptors (Lipinski definition) is 6. The molecule has 9 heteroatoms. The summed E-state index contributed by atoms with van der Waals surface area (Å²) >= 11 is 0. The Bertz CT molecular complexity index is 1240. The molecule has 0 spiro atoms. The quantitative estimate of drug-likeness (QED) is 0.212. The van der Waals surface area contributed by atoms with Crippen LogP contribution >= 0.6 is 12.4 Å². The van der Waals surface area contributed by atoms with Gasteiger partial charge in [-0.05, 0) is 120 Å². The van der Waals surface area contributed by atoms with Gasteiger partial charge in [-0.25, -0.2) is 18.5 Å². The lowest BCUT2D eigenvalue weighted by molar-refractivity contribution is 0.0367. The van der Waals surface area contributed by atoms with Crippen molar-refractivity contribution in [2.75, 3.05) is 0 Å². The molecule has 3 N–H and O–H groups in total. The third-order valence-corrected chi connectivity index (χ3v) is 8.61. The summed E-state index contributed by atoms with van der Waals surface area (Å²) in [6.07, 6.45) is 3.66. The van der Waals surface area contributed by atoms with E-state index in [-0.39, 0.29) is 66.2 Å². The molecule has 48 heavy (non-hydrogen) atoms. The van der Waals surface area contributed by atoms with Crippen LogP contribution in [0, 0.1) is 10.8 Å². The summed E-state index contributed by atoms with van der Waals surface area (Å²) in [4.78, 5) is 23.8. The highest BCUT2D eigenvalue weighted by molar-refractivity contribution is 7.84. The smallest absolute Gasteiger partial charge is 0.338 e. The number of benzene rings is 2. The molecule has 0 unspecified atom stereocenters. The summed E-state index contributed by atoms with van der Waals surface area (Å²) in [6, 6.07) is 14.8. The Kier molecular flexibility index (Phi) is 21.0. The number of halogens is 1. The van der Waals surface area contributed by atoms with Gasteiger partial charge >= 0.3 is 11.9 Å². The van der Waals surface area contributed by atoms with Crippen LogP contribution < -0.4 is 10.5 Å². The van der Waals surface area contributed by atoms with Gasteiger partial charge in [-0.3, -0.25) is 0 Å². The number of rotatable bonds is 12. The van der Waals surface area contributed by atoms with Crippen LogP contribution in [0.3, 0.4) is 0 Å². The molecule has 0 saturated heterocycles. The van der Waals surface area contributed by atoms with Crippen molar-refractivity contribution in [2.24, 2.45) is 16.6 Å². The van der Waals surface area contributed by atoms with Crippen molar-refractivity contribution < 1.29 is 23.3 Å². The Hall–Kier alpha value is -2.26. The van der Waals surface area contributed by atoms with Gasteiger partial charge in [0.15, 0.2) is 0 Å². The van der Waals surface area contributed by atoms with Crippen molar-refractivity contribution in [3.05, 3.63) is 70.8 Å². The molecule has 0 aliphatic carbocycles. The predicted octanol–water partition coefficient (Wildman–Crippen LogP) is 10.3. The van der Waals surface area contributed by atoms with Crippen LogP contribution in [0.2, 0.25) is 0 Å². The van der Waals surface area contributed by atoms with Gasteiger partial charge in [-0.15, -0.1) is 12.4 Å². The number of ether oxygens (including phenoxy) is 2. The summed E-state index contributed by atoms with van der Waals surface area (Å²) in [5, 5.41) is 0. The highest BCUT2D eigenvalue weighted by atomic mass is 35.5. The van der Waals surface area contributed by atoms with Gasteiger partial charge in [0.1, 0.15) is 0 Å². The standard InChI is InChI=1S/C21H35NO3S.C17H27NO2.CH4.ClH/c1-15(2)25-19(23)17-11-9-16(10-12-17)18(13-14-20(3,4)5)22-26(24)21(6,7)8;1-12(2)20-16(19)14-8-6-13(7-9-14)15(18)10-11-17(3,4)5;;/h9-12,15,18,22H,13-14H2,1-8H3;6-9,12,15H,10-11,18H2,1-5H3;1H4;1H/t18-,26+;15-;;/m11../s1. The van der Waals surface area contributed by atoms with Crippen LogP contribution in [-0.2, 0) is 20.5 Å². The summed E-state index contributed by atoms with van der Waals surface area (Å²) in [5.74, 6) is -0.598. The summed E-state index contributed by atoms with van der Waals surface area (Å²) in [6.45, 7) is 26.5. The van der Waals surface area contributed by atoms with Crippen LogP contribution in [0.25, 0.3) is 0 Å². The second kappa shape index (κ2) is 21.1. The first-order valence-corrected chi connectivity index (χ1v) is 17.7. The number of carbonyl (C=O) groups is 2. The van der Waals surface area contributed by atoms with Gasteiger partial charge in [0.2, 0.25) is 0 Å². The average Bonchev–Trinajstić information content (AvgIpc) is 2.92. The maximum Gasteiger partial charge on any atom is 0.338 e. The van der Waals surface area contributed by atoms with Crippen molar-refractivity contribution in [3.8, 4) is 0 Å². The van der Waals surface area contributed by atoms with E-state index in [2.05, 4.69) is 46.3 Å². The molecule has 276 valence electrons. The zero-order chi connectivity index (χ0) is 35.5. The normalized spacial score (nSPS) is 13.7. The molecule has 0 radical (unpaired) electrons. The lowest BCUT2D eigenvalue weighted by atomic mass is 9.87. The highest BCUT2D eigenvalue weighted by Gasteiger charge is 2.25. The maximum atomic E-state index is 12.6. The van der Waals surface area contributed by atoms with E-state index >= 15 is 0 Å². The molecule has 2 aromatic rings. The zero-order valence-corrected chi connectivity index (χ0v) is 32.8. The van der Waals surface area contributed by atoms with E-state index in [0.717, 1.165) is 36.8 Å². The zero-order valence-electron chi connectivity index (χ0n) is 31.2. The molecule has 3 atom stereocenters. The Morgan fingerprint density at radius 1 is 0.688 bits per heavy atom. The van der Waals surface area contributed by atoms with Crippen molar-refractivity contribution in [1.82, 2.24) is 4.72 Å². The van der Waals surface area contributed by atoms with Crippen molar-refractivity contribution in [2.45, 2.75) is 152 Å². The maximum absolute atomic E-state index is 12.6. The van der Waals surface area contributed by atoms with Crippen LogP contribution in [0.4, 0.5) is 0 Å². The minimum atomic E-state index is -1.16. The molecule has 0 heterocycles. The average molecular weight is 711 g/mol. The van der Waals surface area contributed by atoms with Crippen LogP contribution in [0.15, 0.2) is 48.5 Å². The van der Waals surface area contributed by atoms with Gasteiger partial charge in [-0.1, -0.05) is 73.2 Å². The van der Waals surface area contributed by atoms with Crippen LogP contribution in [-0.4, -0.2) is 33.1 Å². The van der Waals surface area contributed by atoms with E-state index < -0.39 is 11.0 Å². The van der Waals surface area contributed by atoms with Crippen LogP contribution in [0.1, 0.15) is 167 Å². The molecule has 0 bridgehead atoms. The van der Waals surface area contributed by atoms with E-state index in [0.29, 0.717) is 16.5 Å². The third kappa shape index (κ3) is 19.7. The monoisotopic (exact) mass is 710 g/mol. The molecule has 2 aromatic carbocycles. The molecule has 0 saturated carbocycles. The van der Waals surface area contributed by atoms with Gasteiger partial charge < -0.3 is 15.2 Å². The SMILES string of the molecule is C.CC(C)OC(=O)c1ccc([C@@H](CCC(C)(C)C)N[S@@](=O)C(C)(C)C)cc1.CC(C)OC(=O)c1ccc([C@H](N)CCC(C)(C)C)cc1.Cl. The molecule has 0 aromatic heterocycles. The first-order chi connectivity index (χ1) is 21.0. The molecule has 0 aliphatic heterocycles. The predicted molar refractivity (Wildman–Crippen MR) is 206 cm³/mol. The summed E-state index contributed by atoms with van der Waals surface area (Å²) in [5.41, 5.74) is 9.89. The Labute approximate surface area is 301 Å². The van der Waals surface area contributed by atoms with Crippen molar-refractivity contribution in [3.63, 3.8) is 0 Å². The van der Waals surface area contributed by atoms with Crippen molar-refractivity contribution in [1.29, 1.82) is 0 Å². The second-order valence-corrected chi connectivity index (χ2v) is 18.0. The number of carbonyl (C=O) groups excluding carboxylic acids is 2. The number of nitrogens with one attached hydrogen (secondary N) is 1. The molecule has 0 aliphatic rings. The minimum Gasteiger partial charge on any atom is -0.459 e. The molecule has 0 fully saturated rings. The molecular formula is C39H67ClN2O5S. The lowest BCUT2D eigenvalue weighted by Gasteiger charge is -2.27. The summed E-state index contributed by atoms with van der Waals surface area (Å²) < 4.78 is 25.9. The lowest BCUT2D eigenvalue weighted by Crippen LogP contribution is -2.36. The number of esters is 2. The summed E-state index contributed by atoms with van der Waals surface area (Å²) in [7, 11) is -1.16. The Morgan fingerprint density at radius 3 is 1.38 bits per heavy atom.